The van der Waals surface area contributed by atoms with Crippen LogP contribution in [0.25, 0.3) is 0 Å². The highest BCUT2D eigenvalue weighted by molar-refractivity contribution is 6.04. The first-order valence-electron chi connectivity index (χ1n) is 9.45. The monoisotopic (exact) mass is 400 g/mol. The number of ether oxygens (including phenoxy) is 1. The van der Waals surface area contributed by atoms with Crippen LogP contribution in [0.4, 0.5) is 5.69 Å². The van der Waals surface area contributed by atoms with Crippen LogP contribution in [0.15, 0.2) is 42.5 Å². The third-order valence-electron chi connectivity index (χ3n) is 5.81. The van der Waals surface area contributed by atoms with Crippen LogP contribution < -0.4 is 10.6 Å². The minimum atomic E-state index is -0.563. The SMILES string of the molecule is COC(=O)C1(c2cccc(NC(=O)c3ccc4c(c3)CNCC4)c2)CCC1.Cl. The van der Waals surface area contributed by atoms with Crippen LogP contribution in [0.1, 0.15) is 46.3 Å². The highest BCUT2D eigenvalue weighted by atomic mass is 35.5. The van der Waals surface area contributed by atoms with Crippen molar-refractivity contribution in [2.45, 2.75) is 37.6 Å². The maximum absolute atomic E-state index is 12.7. The molecular formula is C22H25ClN2O3. The van der Waals surface area contributed by atoms with Gasteiger partial charge in [0, 0.05) is 17.8 Å². The van der Waals surface area contributed by atoms with Crippen molar-refractivity contribution in [3.8, 4) is 0 Å². The number of fused-ring (bicyclic) bond motifs is 1. The van der Waals surface area contributed by atoms with Crippen molar-refractivity contribution in [1.82, 2.24) is 5.32 Å². The Labute approximate surface area is 171 Å². The van der Waals surface area contributed by atoms with Gasteiger partial charge in [-0.25, -0.2) is 0 Å². The molecule has 0 spiro atoms. The Kier molecular flexibility index (Phi) is 6.06. The molecule has 0 bridgehead atoms. The second kappa shape index (κ2) is 8.33. The number of benzene rings is 2. The van der Waals surface area contributed by atoms with E-state index in [1.807, 2.05) is 42.5 Å². The summed E-state index contributed by atoms with van der Waals surface area (Å²) in [7, 11) is 1.43. The van der Waals surface area contributed by atoms with Crippen molar-refractivity contribution in [1.29, 1.82) is 0 Å². The Morgan fingerprint density at radius 3 is 2.64 bits per heavy atom. The van der Waals surface area contributed by atoms with Crippen LogP contribution in [0.3, 0.4) is 0 Å². The number of nitrogens with one attached hydrogen (secondary N) is 2. The predicted octanol–water partition coefficient (Wildman–Crippen LogP) is 3.60. The van der Waals surface area contributed by atoms with Gasteiger partial charge in [0.25, 0.3) is 5.91 Å². The second-order valence-electron chi connectivity index (χ2n) is 7.37. The molecule has 2 aromatic carbocycles. The fraction of sp³-hybridized carbons (Fsp3) is 0.364. The number of amides is 1. The van der Waals surface area contributed by atoms with Crippen molar-refractivity contribution in [3.63, 3.8) is 0 Å². The van der Waals surface area contributed by atoms with Gasteiger partial charge >= 0.3 is 5.97 Å². The maximum Gasteiger partial charge on any atom is 0.316 e. The largest absolute Gasteiger partial charge is 0.468 e. The molecule has 1 saturated carbocycles. The van der Waals surface area contributed by atoms with E-state index < -0.39 is 5.41 Å². The average molecular weight is 401 g/mol. The second-order valence-corrected chi connectivity index (χ2v) is 7.37. The molecule has 1 heterocycles. The Balaban J connectivity index is 0.00000225. The summed E-state index contributed by atoms with van der Waals surface area (Å²) in [6.07, 6.45) is 3.58. The molecule has 1 aliphatic carbocycles. The van der Waals surface area contributed by atoms with Crippen LogP contribution in [-0.4, -0.2) is 25.5 Å². The first kappa shape index (κ1) is 20.4. The number of carbonyl (C=O) groups excluding carboxylic acids is 2. The Bertz CT molecular complexity index is 893. The molecule has 28 heavy (non-hydrogen) atoms. The summed E-state index contributed by atoms with van der Waals surface area (Å²) in [4.78, 5) is 25.0. The normalized spacial score (nSPS) is 16.8. The van der Waals surface area contributed by atoms with E-state index in [0.717, 1.165) is 44.3 Å². The molecule has 0 atom stereocenters. The van der Waals surface area contributed by atoms with Gasteiger partial charge < -0.3 is 15.4 Å². The van der Waals surface area contributed by atoms with Crippen molar-refractivity contribution in [2.24, 2.45) is 0 Å². The van der Waals surface area contributed by atoms with Crippen LogP contribution in [-0.2, 0) is 27.9 Å². The molecule has 0 unspecified atom stereocenters. The zero-order valence-corrected chi connectivity index (χ0v) is 16.7. The molecule has 0 aromatic heterocycles. The van der Waals surface area contributed by atoms with E-state index in [1.54, 1.807) is 0 Å². The van der Waals surface area contributed by atoms with Crippen LogP contribution >= 0.6 is 12.4 Å². The molecule has 2 N–H and O–H groups in total. The molecule has 1 amide bonds. The number of anilines is 1. The zero-order chi connectivity index (χ0) is 18.9. The topological polar surface area (TPSA) is 67.4 Å². The van der Waals surface area contributed by atoms with E-state index in [9.17, 15) is 9.59 Å². The molecule has 1 aliphatic heterocycles. The van der Waals surface area contributed by atoms with Gasteiger partial charge in [-0.3, -0.25) is 9.59 Å². The van der Waals surface area contributed by atoms with Gasteiger partial charge in [0.2, 0.25) is 0 Å². The predicted molar refractivity (Wildman–Crippen MR) is 111 cm³/mol. The molecule has 6 heteroatoms. The third kappa shape index (κ3) is 3.64. The van der Waals surface area contributed by atoms with Crippen LogP contribution in [0, 0.1) is 0 Å². The Hall–Kier alpha value is -2.37. The summed E-state index contributed by atoms with van der Waals surface area (Å²) < 4.78 is 5.02. The number of methoxy groups -OCH3 is 1. The summed E-state index contributed by atoms with van der Waals surface area (Å²) in [6.45, 7) is 1.78. The van der Waals surface area contributed by atoms with E-state index in [1.165, 1.54) is 18.2 Å². The van der Waals surface area contributed by atoms with Crippen LogP contribution in [0.5, 0.6) is 0 Å². The van der Waals surface area contributed by atoms with E-state index >= 15 is 0 Å². The van der Waals surface area contributed by atoms with Crippen molar-refractivity contribution in [2.75, 3.05) is 19.0 Å². The molecule has 0 saturated heterocycles. The van der Waals surface area contributed by atoms with Gasteiger partial charge in [-0.2, -0.15) is 0 Å². The fourth-order valence-electron chi connectivity index (χ4n) is 4.06. The van der Waals surface area contributed by atoms with E-state index in [0.29, 0.717) is 11.3 Å². The quantitative estimate of drug-likeness (QED) is 0.769. The minimum Gasteiger partial charge on any atom is -0.468 e. The standard InChI is InChI=1S/C22H24N2O3.ClH/c1-27-21(26)22(9-3-10-22)18-4-2-5-19(13-18)24-20(25)16-7-6-15-8-11-23-14-17(15)12-16;/h2,4-7,12-13,23H,3,8-11,14H2,1H3,(H,24,25);1H. The van der Waals surface area contributed by atoms with Crippen molar-refractivity contribution >= 4 is 30.0 Å². The van der Waals surface area contributed by atoms with Gasteiger partial charge in [-0.15, -0.1) is 12.4 Å². The van der Waals surface area contributed by atoms with Gasteiger partial charge in [-0.05, 0) is 66.8 Å². The van der Waals surface area contributed by atoms with Crippen LogP contribution in [0.2, 0.25) is 0 Å². The maximum atomic E-state index is 12.7. The number of carbonyl (C=O) groups is 2. The summed E-state index contributed by atoms with van der Waals surface area (Å²) in [6, 6.07) is 13.5. The zero-order valence-electron chi connectivity index (χ0n) is 15.9. The summed E-state index contributed by atoms with van der Waals surface area (Å²) in [5, 5.41) is 6.31. The molecule has 4 rings (SSSR count). The van der Waals surface area contributed by atoms with Gasteiger partial charge in [0.05, 0.1) is 12.5 Å². The lowest BCUT2D eigenvalue weighted by Gasteiger charge is -2.39. The number of esters is 1. The average Bonchev–Trinajstić information content (AvgIpc) is 2.67. The number of hydrogen-bond acceptors (Lipinski definition) is 4. The van der Waals surface area contributed by atoms with E-state index in [-0.39, 0.29) is 24.3 Å². The lowest BCUT2D eigenvalue weighted by Crippen LogP contribution is -2.43. The Morgan fingerprint density at radius 1 is 1.11 bits per heavy atom. The van der Waals surface area contributed by atoms with E-state index in [4.69, 9.17) is 4.74 Å². The smallest absolute Gasteiger partial charge is 0.316 e. The number of halogens is 1. The number of hydrogen-bond donors (Lipinski definition) is 2. The van der Waals surface area contributed by atoms with Crippen molar-refractivity contribution in [3.05, 3.63) is 64.7 Å². The fourth-order valence-corrected chi connectivity index (χ4v) is 4.06. The summed E-state index contributed by atoms with van der Waals surface area (Å²) in [5.41, 5.74) is 4.18. The Morgan fingerprint density at radius 2 is 1.93 bits per heavy atom. The summed E-state index contributed by atoms with van der Waals surface area (Å²) >= 11 is 0. The lowest BCUT2D eigenvalue weighted by molar-refractivity contribution is -0.151. The van der Waals surface area contributed by atoms with Gasteiger partial charge in [0.1, 0.15) is 0 Å². The number of rotatable bonds is 4. The first-order chi connectivity index (χ1) is 13.1. The molecule has 2 aromatic rings. The molecular weight excluding hydrogens is 376 g/mol. The first-order valence-corrected chi connectivity index (χ1v) is 9.45. The van der Waals surface area contributed by atoms with Gasteiger partial charge in [-0.1, -0.05) is 24.6 Å². The molecule has 2 aliphatic rings. The minimum absolute atomic E-state index is 0. The highest BCUT2D eigenvalue weighted by Gasteiger charge is 2.46. The summed E-state index contributed by atoms with van der Waals surface area (Å²) in [5.74, 6) is -0.333. The highest BCUT2D eigenvalue weighted by Crippen LogP contribution is 2.45. The third-order valence-corrected chi connectivity index (χ3v) is 5.81. The van der Waals surface area contributed by atoms with E-state index in [2.05, 4.69) is 10.6 Å². The molecule has 148 valence electrons. The molecule has 5 nitrogen and oxygen atoms in total. The van der Waals surface area contributed by atoms with Gasteiger partial charge in [0.15, 0.2) is 0 Å². The molecule has 0 radical (unpaired) electrons. The molecule has 1 fully saturated rings. The van der Waals surface area contributed by atoms with Crippen molar-refractivity contribution < 1.29 is 14.3 Å². The lowest BCUT2D eigenvalue weighted by atomic mass is 9.64.